The van der Waals surface area contributed by atoms with Gasteiger partial charge in [-0.05, 0) is 25.5 Å². The maximum atomic E-state index is 11.9. The molecule has 136 valence electrons. The van der Waals surface area contributed by atoms with E-state index < -0.39 is 0 Å². The number of urea groups is 1. The summed E-state index contributed by atoms with van der Waals surface area (Å²) >= 11 is 1.25. The van der Waals surface area contributed by atoms with Crippen molar-refractivity contribution in [3.63, 3.8) is 0 Å². The average molecular weight is 364 g/mol. The van der Waals surface area contributed by atoms with Crippen molar-refractivity contribution in [2.24, 2.45) is 0 Å². The summed E-state index contributed by atoms with van der Waals surface area (Å²) in [6, 6.07) is 5.00. The van der Waals surface area contributed by atoms with Crippen LogP contribution in [-0.4, -0.2) is 24.2 Å². The molecule has 2 aromatic rings. The number of benzene rings is 1. The van der Waals surface area contributed by atoms with E-state index in [0.717, 1.165) is 19.3 Å². The van der Waals surface area contributed by atoms with Crippen molar-refractivity contribution in [3.05, 3.63) is 24.4 Å². The largest absolute Gasteiger partial charge is 0.490 e. The summed E-state index contributed by atoms with van der Waals surface area (Å²) < 4.78 is 11.4. The Morgan fingerprint density at radius 2 is 2.12 bits per heavy atom. The zero-order valence-electron chi connectivity index (χ0n) is 14.5. The summed E-state index contributed by atoms with van der Waals surface area (Å²) in [7, 11) is 0. The standard InChI is InChI=1S/C17H24N4O3S/c1-3-5-6-9-19-17(22)21-12-7-8-13(14(10-12)23-4-2)24-15-11-20-16(18)25-15/h7-8,10-11H,3-6,9H2,1-2H3,(H2,18,20)(H2,19,21,22). The summed E-state index contributed by atoms with van der Waals surface area (Å²) in [6.45, 7) is 5.15. The number of nitrogens with zero attached hydrogens (tertiary/aromatic N) is 1. The maximum absolute atomic E-state index is 11.9. The highest BCUT2D eigenvalue weighted by atomic mass is 32.1. The van der Waals surface area contributed by atoms with Gasteiger partial charge in [0.1, 0.15) is 0 Å². The molecule has 0 spiro atoms. The lowest BCUT2D eigenvalue weighted by molar-refractivity contribution is 0.252. The van der Waals surface area contributed by atoms with E-state index in [-0.39, 0.29) is 6.03 Å². The van der Waals surface area contributed by atoms with Crippen LogP contribution in [0, 0.1) is 0 Å². The molecule has 0 fully saturated rings. The molecule has 2 rings (SSSR count). The molecule has 2 amide bonds. The molecule has 1 aromatic carbocycles. The van der Waals surface area contributed by atoms with Crippen molar-refractivity contribution in [2.75, 3.05) is 24.2 Å². The summed E-state index contributed by atoms with van der Waals surface area (Å²) in [5.41, 5.74) is 6.24. The Labute approximate surface area is 151 Å². The monoisotopic (exact) mass is 364 g/mol. The molecule has 0 saturated carbocycles. The van der Waals surface area contributed by atoms with Crippen LogP contribution in [0.1, 0.15) is 33.1 Å². The van der Waals surface area contributed by atoms with Crippen LogP contribution in [0.4, 0.5) is 15.6 Å². The number of unbranched alkanes of at least 4 members (excludes halogenated alkanes) is 2. The van der Waals surface area contributed by atoms with E-state index in [9.17, 15) is 4.79 Å². The van der Waals surface area contributed by atoms with Gasteiger partial charge in [-0.3, -0.25) is 0 Å². The molecule has 0 radical (unpaired) electrons. The summed E-state index contributed by atoms with van der Waals surface area (Å²) in [5, 5.41) is 6.64. The van der Waals surface area contributed by atoms with Gasteiger partial charge in [-0.1, -0.05) is 31.1 Å². The quantitative estimate of drug-likeness (QED) is 0.578. The number of nitrogens with one attached hydrogen (secondary N) is 2. The second-order valence-electron chi connectivity index (χ2n) is 5.30. The Kier molecular flexibility index (Phi) is 7.34. The molecule has 4 N–H and O–H groups in total. The number of hydrogen-bond donors (Lipinski definition) is 3. The van der Waals surface area contributed by atoms with Gasteiger partial charge < -0.3 is 25.8 Å². The Balaban J connectivity index is 2.00. The molecule has 0 atom stereocenters. The van der Waals surface area contributed by atoms with Crippen molar-refractivity contribution in [3.8, 4) is 16.6 Å². The Morgan fingerprint density at radius 1 is 1.28 bits per heavy atom. The lowest BCUT2D eigenvalue weighted by atomic mass is 10.2. The minimum Gasteiger partial charge on any atom is -0.490 e. The second-order valence-corrected chi connectivity index (χ2v) is 6.33. The number of carbonyl (C=O) groups excluding carboxylic acids is 1. The van der Waals surface area contributed by atoms with Gasteiger partial charge in [-0.15, -0.1) is 0 Å². The number of nitrogens with two attached hydrogens (primary N) is 1. The maximum Gasteiger partial charge on any atom is 0.319 e. The van der Waals surface area contributed by atoms with E-state index in [1.165, 1.54) is 11.3 Å². The number of anilines is 2. The fourth-order valence-electron chi connectivity index (χ4n) is 2.12. The van der Waals surface area contributed by atoms with E-state index in [4.69, 9.17) is 15.2 Å². The lowest BCUT2D eigenvalue weighted by Gasteiger charge is -2.13. The van der Waals surface area contributed by atoms with Gasteiger partial charge in [-0.25, -0.2) is 9.78 Å². The number of ether oxygens (including phenoxy) is 2. The van der Waals surface area contributed by atoms with E-state index >= 15 is 0 Å². The molecule has 0 aliphatic heterocycles. The molecular formula is C17H24N4O3S. The Hall–Kier alpha value is -2.48. The number of thiazole rings is 1. The zero-order chi connectivity index (χ0) is 18.1. The van der Waals surface area contributed by atoms with Gasteiger partial charge in [0.15, 0.2) is 16.6 Å². The molecule has 1 heterocycles. The molecule has 25 heavy (non-hydrogen) atoms. The predicted molar refractivity (Wildman–Crippen MR) is 101 cm³/mol. The van der Waals surface area contributed by atoms with E-state index in [1.54, 1.807) is 24.4 Å². The fourth-order valence-corrected chi connectivity index (χ4v) is 2.67. The highest BCUT2D eigenvalue weighted by molar-refractivity contribution is 7.17. The lowest BCUT2D eigenvalue weighted by Crippen LogP contribution is -2.29. The number of rotatable bonds is 9. The highest BCUT2D eigenvalue weighted by Gasteiger charge is 2.11. The normalized spacial score (nSPS) is 10.3. The van der Waals surface area contributed by atoms with Crippen LogP contribution < -0.4 is 25.8 Å². The van der Waals surface area contributed by atoms with Crippen LogP contribution in [0.5, 0.6) is 16.6 Å². The topological polar surface area (TPSA) is 98.5 Å². The predicted octanol–water partition coefficient (Wildman–Crippen LogP) is 4.23. The third-order valence-corrected chi connectivity index (χ3v) is 3.98. The van der Waals surface area contributed by atoms with Crippen molar-refractivity contribution < 1.29 is 14.3 Å². The van der Waals surface area contributed by atoms with Crippen LogP contribution in [0.2, 0.25) is 0 Å². The van der Waals surface area contributed by atoms with Crippen molar-refractivity contribution in [1.82, 2.24) is 10.3 Å². The fraction of sp³-hybridized carbons (Fsp3) is 0.412. The third kappa shape index (κ3) is 6.15. The average Bonchev–Trinajstić information content (AvgIpc) is 2.99. The van der Waals surface area contributed by atoms with Gasteiger partial charge in [0.05, 0.1) is 12.8 Å². The minimum absolute atomic E-state index is 0.234. The SMILES string of the molecule is CCCCCNC(=O)Nc1ccc(Oc2cnc(N)s2)c(OCC)c1. The second kappa shape index (κ2) is 9.73. The van der Waals surface area contributed by atoms with Crippen LogP contribution in [-0.2, 0) is 0 Å². The van der Waals surface area contributed by atoms with E-state index in [2.05, 4.69) is 22.5 Å². The molecule has 8 heteroatoms. The van der Waals surface area contributed by atoms with Crippen LogP contribution in [0.3, 0.4) is 0 Å². The third-order valence-electron chi connectivity index (χ3n) is 3.28. The van der Waals surface area contributed by atoms with Crippen molar-refractivity contribution >= 4 is 28.2 Å². The summed E-state index contributed by atoms with van der Waals surface area (Å²) in [6.07, 6.45) is 4.75. The zero-order valence-corrected chi connectivity index (χ0v) is 15.3. The van der Waals surface area contributed by atoms with E-state index in [0.29, 0.717) is 40.5 Å². The molecule has 0 bridgehead atoms. The first-order chi connectivity index (χ1) is 12.1. The van der Waals surface area contributed by atoms with Crippen LogP contribution >= 0.6 is 11.3 Å². The molecule has 0 aliphatic carbocycles. The summed E-state index contributed by atoms with van der Waals surface area (Å²) in [5.74, 6) is 1.08. The Morgan fingerprint density at radius 3 is 2.80 bits per heavy atom. The van der Waals surface area contributed by atoms with Crippen LogP contribution in [0.25, 0.3) is 0 Å². The molecule has 0 aliphatic rings. The molecule has 1 aromatic heterocycles. The minimum atomic E-state index is -0.234. The first-order valence-corrected chi connectivity index (χ1v) is 9.14. The number of hydrogen-bond acceptors (Lipinski definition) is 6. The van der Waals surface area contributed by atoms with Crippen molar-refractivity contribution in [1.29, 1.82) is 0 Å². The number of carbonyl (C=O) groups is 1. The van der Waals surface area contributed by atoms with Gasteiger partial charge in [-0.2, -0.15) is 0 Å². The highest BCUT2D eigenvalue weighted by Crippen LogP contribution is 2.36. The molecule has 0 unspecified atom stereocenters. The van der Waals surface area contributed by atoms with E-state index in [1.807, 2.05) is 6.92 Å². The molecular weight excluding hydrogens is 340 g/mol. The van der Waals surface area contributed by atoms with Crippen molar-refractivity contribution in [2.45, 2.75) is 33.1 Å². The van der Waals surface area contributed by atoms with Gasteiger partial charge in [0.25, 0.3) is 0 Å². The first-order valence-electron chi connectivity index (χ1n) is 8.33. The van der Waals surface area contributed by atoms with Gasteiger partial charge in [0, 0.05) is 18.3 Å². The van der Waals surface area contributed by atoms with Gasteiger partial charge in [0.2, 0.25) is 5.06 Å². The van der Waals surface area contributed by atoms with Gasteiger partial charge >= 0.3 is 6.03 Å². The number of amides is 2. The summed E-state index contributed by atoms with van der Waals surface area (Å²) in [4.78, 5) is 15.9. The number of nitrogen functional groups attached to an aromatic ring is 1. The van der Waals surface area contributed by atoms with Crippen LogP contribution in [0.15, 0.2) is 24.4 Å². The first kappa shape index (κ1) is 18.9. The molecule has 7 nitrogen and oxygen atoms in total. The smallest absolute Gasteiger partial charge is 0.319 e. The molecule has 0 saturated heterocycles. The number of aromatic nitrogens is 1. The Bertz CT molecular complexity index is 690.